The van der Waals surface area contributed by atoms with Crippen LogP contribution in [0.3, 0.4) is 0 Å². The molecule has 1 fully saturated rings. The Kier molecular flexibility index (Phi) is 4.88. The number of hydrogen-bond acceptors (Lipinski definition) is 2. The van der Waals surface area contributed by atoms with E-state index in [4.69, 9.17) is 0 Å². The van der Waals surface area contributed by atoms with Gasteiger partial charge in [0.1, 0.15) is 0 Å². The minimum absolute atomic E-state index is 0.575. The van der Waals surface area contributed by atoms with Crippen LogP contribution < -0.4 is 10.6 Å². The van der Waals surface area contributed by atoms with Gasteiger partial charge in [0.15, 0.2) is 5.96 Å². The van der Waals surface area contributed by atoms with Gasteiger partial charge >= 0.3 is 0 Å². The number of nitrogens with zero attached hydrogens (tertiary/aromatic N) is 2. The smallest absolute Gasteiger partial charge is 0.190 e. The van der Waals surface area contributed by atoms with Crippen LogP contribution in [0.4, 0.5) is 0 Å². The Morgan fingerprint density at radius 2 is 1.93 bits per heavy atom. The Morgan fingerprint density at radius 3 is 2.33 bits per heavy atom. The number of likely N-dealkylation sites (tertiary alicyclic amines) is 1. The third kappa shape index (κ3) is 3.70. The summed E-state index contributed by atoms with van der Waals surface area (Å²) in [6.07, 6.45) is 2.41. The highest BCUT2D eigenvalue weighted by Gasteiger charge is 2.20. The number of guanidine groups is 1. The minimum atomic E-state index is 0.575. The molecule has 1 saturated heterocycles. The number of piperidine rings is 1. The van der Waals surface area contributed by atoms with Gasteiger partial charge in [-0.15, -0.1) is 0 Å². The van der Waals surface area contributed by atoms with Gasteiger partial charge in [0.05, 0.1) is 0 Å². The fourth-order valence-corrected chi connectivity index (χ4v) is 2.00. The van der Waals surface area contributed by atoms with E-state index in [-0.39, 0.29) is 0 Å². The van der Waals surface area contributed by atoms with Gasteiger partial charge in [-0.2, -0.15) is 0 Å². The van der Waals surface area contributed by atoms with Crippen LogP contribution in [0.25, 0.3) is 0 Å². The molecule has 0 aromatic carbocycles. The molecular weight excluding hydrogens is 188 g/mol. The second-order valence-electron chi connectivity index (χ2n) is 4.37. The summed E-state index contributed by atoms with van der Waals surface area (Å²) in [6, 6.07) is 1.25. The fourth-order valence-electron chi connectivity index (χ4n) is 2.00. The standard InChI is InChI=1S/C11H24N4/c1-9(2)15-7-5-10(6-8-15)14-11(12-3)13-4/h9-10H,5-8H2,1-4H3,(H2,12,13,14). The average Bonchev–Trinajstić information content (AvgIpc) is 2.26. The zero-order valence-corrected chi connectivity index (χ0v) is 10.4. The van der Waals surface area contributed by atoms with Gasteiger partial charge in [0.25, 0.3) is 0 Å². The molecule has 2 N–H and O–H groups in total. The van der Waals surface area contributed by atoms with Crippen molar-refractivity contribution in [2.24, 2.45) is 4.99 Å². The van der Waals surface area contributed by atoms with E-state index in [0.717, 1.165) is 5.96 Å². The van der Waals surface area contributed by atoms with Crippen molar-refractivity contribution in [1.29, 1.82) is 0 Å². The summed E-state index contributed by atoms with van der Waals surface area (Å²) in [5.41, 5.74) is 0. The van der Waals surface area contributed by atoms with Crippen LogP contribution >= 0.6 is 0 Å². The van der Waals surface area contributed by atoms with Crippen LogP contribution in [0.1, 0.15) is 26.7 Å². The summed E-state index contributed by atoms with van der Waals surface area (Å²) in [7, 11) is 3.71. The monoisotopic (exact) mass is 212 g/mol. The molecule has 1 aliphatic heterocycles. The van der Waals surface area contributed by atoms with Crippen molar-refractivity contribution in [2.45, 2.75) is 38.8 Å². The maximum Gasteiger partial charge on any atom is 0.190 e. The quantitative estimate of drug-likeness (QED) is 0.521. The first-order valence-corrected chi connectivity index (χ1v) is 5.82. The summed E-state index contributed by atoms with van der Waals surface area (Å²) in [5.74, 6) is 0.901. The molecular formula is C11H24N4. The second-order valence-corrected chi connectivity index (χ2v) is 4.37. The van der Waals surface area contributed by atoms with Crippen LogP contribution in [0.5, 0.6) is 0 Å². The van der Waals surface area contributed by atoms with Crippen molar-refractivity contribution >= 4 is 5.96 Å². The molecule has 0 spiro atoms. The lowest BCUT2D eigenvalue weighted by Gasteiger charge is -2.35. The molecule has 0 saturated carbocycles. The average molecular weight is 212 g/mol. The molecule has 0 amide bonds. The summed E-state index contributed by atoms with van der Waals surface area (Å²) < 4.78 is 0. The van der Waals surface area contributed by atoms with Gasteiger partial charge in [0.2, 0.25) is 0 Å². The summed E-state index contributed by atoms with van der Waals surface area (Å²) in [6.45, 7) is 6.91. The van der Waals surface area contributed by atoms with Gasteiger partial charge in [-0.05, 0) is 26.7 Å². The van der Waals surface area contributed by atoms with E-state index in [2.05, 4.69) is 34.4 Å². The third-order valence-corrected chi connectivity index (χ3v) is 3.06. The van der Waals surface area contributed by atoms with E-state index in [9.17, 15) is 0 Å². The molecule has 0 bridgehead atoms. The Bertz CT molecular complexity index is 205. The van der Waals surface area contributed by atoms with Gasteiger partial charge in [-0.25, -0.2) is 0 Å². The van der Waals surface area contributed by atoms with Gasteiger partial charge in [-0.1, -0.05) is 0 Å². The molecule has 15 heavy (non-hydrogen) atoms. The second kappa shape index (κ2) is 5.95. The van der Waals surface area contributed by atoms with E-state index in [1.807, 2.05) is 14.1 Å². The molecule has 1 rings (SSSR count). The lowest BCUT2D eigenvalue weighted by atomic mass is 10.0. The molecule has 0 aromatic heterocycles. The van der Waals surface area contributed by atoms with E-state index < -0.39 is 0 Å². The van der Waals surface area contributed by atoms with E-state index in [1.165, 1.54) is 25.9 Å². The Balaban J connectivity index is 2.31. The van der Waals surface area contributed by atoms with E-state index in [1.54, 1.807) is 0 Å². The number of aliphatic imine (C=N–C) groups is 1. The zero-order chi connectivity index (χ0) is 11.3. The molecule has 1 heterocycles. The van der Waals surface area contributed by atoms with Gasteiger partial charge < -0.3 is 15.5 Å². The van der Waals surface area contributed by atoms with Gasteiger partial charge in [0, 0.05) is 39.3 Å². The van der Waals surface area contributed by atoms with E-state index >= 15 is 0 Å². The van der Waals surface area contributed by atoms with Crippen molar-refractivity contribution in [3.05, 3.63) is 0 Å². The van der Waals surface area contributed by atoms with Crippen molar-refractivity contribution < 1.29 is 0 Å². The summed E-state index contributed by atoms with van der Waals surface area (Å²) in [4.78, 5) is 6.66. The molecule has 0 atom stereocenters. The number of hydrogen-bond donors (Lipinski definition) is 2. The van der Waals surface area contributed by atoms with Crippen LogP contribution in [0.2, 0.25) is 0 Å². The minimum Gasteiger partial charge on any atom is -0.359 e. The highest BCUT2D eigenvalue weighted by atomic mass is 15.2. The Morgan fingerprint density at radius 1 is 1.33 bits per heavy atom. The molecule has 1 aliphatic rings. The number of rotatable bonds is 2. The molecule has 0 aliphatic carbocycles. The van der Waals surface area contributed by atoms with Crippen molar-refractivity contribution in [3.8, 4) is 0 Å². The first kappa shape index (κ1) is 12.3. The Labute approximate surface area is 93.1 Å². The van der Waals surface area contributed by atoms with Crippen LogP contribution in [0, 0.1) is 0 Å². The third-order valence-electron chi connectivity index (χ3n) is 3.06. The van der Waals surface area contributed by atoms with E-state index in [0.29, 0.717) is 12.1 Å². The lowest BCUT2D eigenvalue weighted by molar-refractivity contribution is 0.167. The van der Waals surface area contributed by atoms with Crippen LogP contribution in [-0.2, 0) is 0 Å². The zero-order valence-electron chi connectivity index (χ0n) is 10.4. The Hall–Kier alpha value is -0.770. The van der Waals surface area contributed by atoms with Crippen molar-refractivity contribution in [1.82, 2.24) is 15.5 Å². The van der Waals surface area contributed by atoms with Crippen LogP contribution in [0.15, 0.2) is 4.99 Å². The lowest BCUT2D eigenvalue weighted by Crippen LogP contribution is -2.49. The molecule has 0 radical (unpaired) electrons. The maximum absolute atomic E-state index is 4.14. The molecule has 4 heteroatoms. The first-order chi connectivity index (χ1) is 7.17. The highest BCUT2D eigenvalue weighted by Crippen LogP contribution is 2.12. The summed E-state index contributed by atoms with van der Waals surface area (Å²) in [5, 5.41) is 6.49. The van der Waals surface area contributed by atoms with Crippen molar-refractivity contribution in [2.75, 3.05) is 27.2 Å². The molecule has 0 aromatic rings. The maximum atomic E-state index is 4.14. The predicted molar refractivity (Wildman–Crippen MR) is 65.3 cm³/mol. The molecule has 4 nitrogen and oxygen atoms in total. The van der Waals surface area contributed by atoms with Crippen molar-refractivity contribution in [3.63, 3.8) is 0 Å². The molecule has 88 valence electrons. The topological polar surface area (TPSA) is 39.7 Å². The first-order valence-electron chi connectivity index (χ1n) is 5.82. The van der Waals surface area contributed by atoms with Gasteiger partial charge in [-0.3, -0.25) is 4.99 Å². The molecule has 0 unspecified atom stereocenters. The highest BCUT2D eigenvalue weighted by molar-refractivity contribution is 5.79. The predicted octanol–water partition coefficient (Wildman–Crippen LogP) is 0.654. The van der Waals surface area contributed by atoms with Crippen LogP contribution in [-0.4, -0.2) is 50.1 Å². The normalized spacial score (nSPS) is 20.7. The summed E-state index contributed by atoms with van der Waals surface area (Å²) >= 11 is 0. The SMILES string of the molecule is CN=C(NC)NC1CCN(C(C)C)CC1. The fraction of sp³-hybridized carbons (Fsp3) is 0.909. The largest absolute Gasteiger partial charge is 0.359 e. The number of nitrogens with one attached hydrogen (secondary N) is 2.